The van der Waals surface area contributed by atoms with Gasteiger partial charge in [0.2, 0.25) is 0 Å². The van der Waals surface area contributed by atoms with Gasteiger partial charge in [0.1, 0.15) is 17.5 Å². The molecule has 2 aliphatic rings. The molecule has 1 unspecified atom stereocenters. The van der Waals surface area contributed by atoms with E-state index in [1.807, 2.05) is 6.07 Å². The van der Waals surface area contributed by atoms with Crippen LogP contribution in [0.15, 0.2) is 6.07 Å². The molecule has 0 amide bonds. The molecule has 6 heteroatoms. The molecule has 2 saturated heterocycles. The molecule has 21 heavy (non-hydrogen) atoms. The monoisotopic (exact) mass is 291 g/mol. The Morgan fingerprint density at radius 3 is 2.86 bits per heavy atom. The van der Waals surface area contributed by atoms with E-state index in [9.17, 15) is 0 Å². The third kappa shape index (κ3) is 3.44. The Morgan fingerprint density at radius 1 is 1.29 bits per heavy atom. The van der Waals surface area contributed by atoms with Crippen molar-refractivity contribution in [3.63, 3.8) is 0 Å². The van der Waals surface area contributed by atoms with E-state index in [-0.39, 0.29) is 0 Å². The summed E-state index contributed by atoms with van der Waals surface area (Å²) in [7, 11) is 0. The molecule has 1 aromatic heterocycles. The number of hydrogen-bond acceptors (Lipinski definition) is 6. The Morgan fingerprint density at radius 2 is 2.10 bits per heavy atom. The summed E-state index contributed by atoms with van der Waals surface area (Å²) in [6.45, 7) is 8.02. The van der Waals surface area contributed by atoms with Crippen molar-refractivity contribution >= 4 is 11.6 Å². The van der Waals surface area contributed by atoms with Crippen molar-refractivity contribution in [2.45, 2.75) is 32.2 Å². The molecule has 2 N–H and O–H groups in total. The van der Waals surface area contributed by atoms with Gasteiger partial charge in [-0.3, -0.25) is 4.90 Å². The van der Waals surface area contributed by atoms with Crippen LogP contribution in [0.2, 0.25) is 0 Å². The number of aromatic nitrogens is 2. The number of hydrogen-bond donors (Lipinski definition) is 1. The summed E-state index contributed by atoms with van der Waals surface area (Å²) in [5.74, 6) is 2.43. The molecule has 2 fully saturated rings. The van der Waals surface area contributed by atoms with E-state index in [2.05, 4.69) is 26.7 Å². The van der Waals surface area contributed by atoms with Gasteiger partial charge in [-0.05, 0) is 12.8 Å². The fourth-order valence-electron chi connectivity index (χ4n) is 3.19. The van der Waals surface area contributed by atoms with Crippen LogP contribution in [0.25, 0.3) is 0 Å². The SMILES string of the molecule is CCCc1nc(N)cc(N2CCC(N3CCOCC3)C2)n1. The molecular weight excluding hydrogens is 266 g/mol. The van der Waals surface area contributed by atoms with Gasteiger partial charge < -0.3 is 15.4 Å². The Hall–Kier alpha value is -1.40. The minimum atomic E-state index is 0.582. The molecule has 2 aliphatic heterocycles. The molecule has 0 saturated carbocycles. The summed E-state index contributed by atoms with van der Waals surface area (Å²) in [6, 6.07) is 2.51. The molecule has 0 spiro atoms. The standard InChI is InChI=1S/C15H25N5O/c1-2-3-14-17-13(16)10-15(18-14)20-5-4-12(11-20)19-6-8-21-9-7-19/h10,12H,2-9,11H2,1H3,(H2,16,17,18). The molecule has 1 aromatic rings. The van der Waals surface area contributed by atoms with Crippen LogP contribution in [-0.4, -0.2) is 60.3 Å². The van der Waals surface area contributed by atoms with E-state index >= 15 is 0 Å². The van der Waals surface area contributed by atoms with Crippen molar-refractivity contribution in [2.75, 3.05) is 50.0 Å². The van der Waals surface area contributed by atoms with Gasteiger partial charge in [0.05, 0.1) is 13.2 Å². The summed E-state index contributed by atoms with van der Waals surface area (Å²) in [5.41, 5.74) is 5.93. The van der Waals surface area contributed by atoms with Crippen LogP contribution in [0.5, 0.6) is 0 Å². The molecule has 1 atom stereocenters. The molecule has 3 heterocycles. The summed E-state index contributed by atoms with van der Waals surface area (Å²) in [5, 5.41) is 0. The number of rotatable bonds is 4. The van der Waals surface area contributed by atoms with Gasteiger partial charge in [-0.1, -0.05) is 6.92 Å². The predicted molar refractivity (Wildman–Crippen MR) is 83.4 cm³/mol. The van der Waals surface area contributed by atoms with Gasteiger partial charge in [0.25, 0.3) is 0 Å². The lowest BCUT2D eigenvalue weighted by Crippen LogP contribution is -2.44. The van der Waals surface area contributed by atoms with Gasteiger partial charge in [-0.2, -0.15) is 0 Å². The lowest BCUT2D eigenvalue weighted by molar-refractivity contribution is 0.0209. The van der Waals surface area contributed by atoms with Crippen LogP contribution >= 0.6 is 0 Å². The van der Waals surface area contributed by atoms with E-state index in [0.29, 0.717) is 11.9 Å². The van der Waals surface area contributed by atoms with Crippen molar-refractivity contribution in [1.29, 1.82) is 0 Å². The van der Waals surface area contributed by atoms with Crippen molar-refractivity contribution in [3.8, 4) is 0 Å². The zero-order valence-corrected chi connectivity index (χ0v) is 12.8. The third-order valence-corrected chi connectivity index (χ3v) is 4.30. The maximum Gasteiger partial charge on any atom is 0.134 e. The van der Waals surface area contributed by atoms with Crippen LogP contribution in [0, 0.1) is 0 Å². The van der Waals surface area contributed by atoms with Crippen LogP contribution in [0.1, 0.15) is 25.6 Å². The highest BCUT2D eigenvalue weighted by Crippen LogP contribution is 2.23. The van der Waals surface area contributed by atoms with E-state index in [1.165, 1.54) is 6.42 Å². The van der Waals surface area contributed by atoms with Gasteiger partial charge in [0, 0.05) is 44.7 Å². The topological polar surface area (TPSA) is 67.5 Å². The second-order valence-corrected chi connectivity index (χ2v) is 5.85. The van der Waals surface area contributed by atoms with E-state index in [1.54, 1.807) is 0 Å². The number of nitrogens with two attached hydrogens (primary N) is 1. The summed E-state index contributed by atoms with van der Waals surface area (Å²) in [4.78, 5) is 13.9. The number of nitrogens with zero attached hydrogens (tertiary/aromatic N) is 4. The number of anilines is 2. The Bertz CT molecular complexity index is 475. The van der Waals surface area contributed by atoms with Crippen molar-refractivity contribution in [3.05, 3.63) is 11.9 Å². The summed E-state index contributed by atoms with van der Waals surface area (Å²) >= 11 is 0. The molecule has 0 bridgehead atoms. The van der Waals surface area contributed by atoms with Gasteiger partial charge >= 0.3 is 0 Å². The lowest BCUT2D eigenvalue weighted by atomic mass is 10.2. The minimum absolute atomic E-state index is 0.582. The average molecular weight is 291 g/mol. The van der Waals surface area contributed by atoms with E-state index in [0.717, 1.165) is 63.9 Å². The highest BCUT2D eigenvalue weighted by atomic mass is 16.5. The third-order valence-electron chi connectivity index (χ3n) is 4.30. The minimum Gasteiger partial charge on any atom is -0.384 e. The number of nitrogen functional groups attached to an aromatic ring is 1. The predicted octanol–water partition coefficient (Wildman–Crippen LogP) is 0.922. The van der Waals surface area contributed by atoms with Gasteiger partial charge in [-0.25, -0.2) is 9.97 Å². The second kappa shape index (κ2) is 6.58. The number of morpholine rings is 1. The van der Waals surface area contributed by atoms with Crippen LogP contribution < -0.4 is 10.6 Å². The first-order valence-electron chi connectivity index (χ1n) is 7.96. The second-order valence-electron chi connectivity index (χ2n) is 5.85. The molecule has 116 valence electrons. The quantitative estimate of drug-likeness (QED) is 0.890. The van der Waals surface area contributed by atoms with Crippen LogP contribution in [0.4, 0.5) is 11.6 Å². The fraction of sp³-hybridized carbons (Fsp3) is 0.733. The maximum absolute atomic E-state index is 5.93. The Labute approximate surface area is 126 Å². The Balaban J connectivity index is 1.67. The normalized spacial score (nSPS) is 23.7. The van der Waals surface area contributed by atoms with Gasteiger partial charge in [-0.15, -0.1) is 0 Å². The lowest BCUT2D eigenvalue weighted by Gasteiger charge is -2.32. The van der Waals surface area contributed by atoms with Crippen molar-refractivity contribution in [1.82, 2.24) is 14.9 Å². The first kappa shape index (κ1) is 14.5. The van der Waals surface area contributed by atoms with Crippen molar-refractivity contribution in [2.24, 2.45) is 0 Å². The molecular formula is C15H25N5O. The van der Waals surface area contributed by atoms with Gasteiger partial charge in [0.15, 0.2) is 0 Å². The maximum atomic E-state index is 5.93. The van der Waals surface area contributed by atoms with Crippen molar-refractivity contribution < 1.29 is 4.74 Å². The Kier molecular flexibility index (Phi) is 4.55. The zero-order valence-electron chi connectivity index (χ0n) is 12.8. The summed E-state index contributed by atoms with van der Waals surface area (Å²) in [6.07, 6.45) is 3.12. The molecule has 0 aromatic carbocycles. The largest absolute Gasteiger partial charge is 0.384 e. The zero-order chi connectivity index (χ0) is 14.7. The number of ether oxygens (including phenoxy) is 1. The first-order valence-corrected chi connectivity index (χ1v) is 7.96. The fourth-order valence-corrected chi connectivity index (χ4v) is 3.19. The highest BCUT2D eigenvalue weighted by molar-refractivity contribution is 5.48. The smallest absolute Gasteiger partial charge is 0.134 e. The summed E-state index contributed by atoms with van der Waals surface area (Å²) < 4.78 is 5.44. The average Bonchev–Trinajstić information content (AvgIpc) is 2.98. The molecule has 6 nitrogen and oxygen atoms in total. The van der Waals surface area contributed by atoms with E-state index < -0.39 is 0 Å². The molecule has 0 radical (unpaired) electrons. The highest BCUT2D eigenvalue weighted by Gasteiger charge is 2.29. The number of aryl methyl sites for hydroxylation is 1. The van der Waals surface area contributed by atoms with E-state index in [4.69, 9.17) is 10.5 Å². The molecule has 0 aliphatic carbocycles. The first-order chi connectivity index (χ1) is 10.3. The van der Waals surface area contributed by atoms with Crippen LogP contribution in [0.3, 0.4) is 0 Å². The van der Waals surface area contributed by atoms with Crippen LogP contribution in [-0.2, 0) is 11.2 Å². The molecule has 3 rings (SSSR count).